The van der Waals surface area contributed by atoms with Gasteiger partial charge in [-0.3, -0.25) is 0 Å². The van der Waals surface area contributed by atoms with Gasteiger partial charge in [0.15, 0.2) is 17.5 Å². The summed E-state index contributed by atoms with van der Waals surface area (Å²) in [6.45, 7) is 4.73. The lowest BCUT2D eigenvalue weighted by Crippen LogP contribution is -2.15. The molecule has 0 radical (unpaired) electrons. The predicted molar refractivity (Wildman–Crippen MR) is 238 cm³/mol. The molecular formula is C54H36N4. The largest absolute Gasteiger partial charge is 0.309 e. The number of hydrogen-bond acceptors (Lipinski definition) is 3. The minimum absolute atomic E-state index is 0.101. The Morgan fingerprint density at radius 2 is 0.914 bits per heavy atom. The van der Waals surface area contributed by atoms with Crippen molar-refractivity contribution in [2.24, 2.45) is 0 Å². The number of aromatic nitrogens is 4. The second kappa shape index (κ2) is 12.3. The van der Waals surface area contributed by atoms with Crippen LogP contribution in [-0.2, 0) is 5.41 Å². The van der Waals surface area contributed by atoms with Gasteiger partial charge in [0.2, 0.25) is 0 Å². The minimum atomic E-state index is -0.101. The average Bonchev–Trinajstić information content (AvgIpc) is 3.72. The van der Waals surface area contributed by atoms with Crippen molar-refractivity contribution in [2.75, 3.05) is 0 Å². The van der Waals surface area contributed by atoms with E-state index in [1.54, 1.807) is 0 Å². The highest BCUT2D eigenvalue weighted by molar-refractivity contribution is 6.16. The lowest BCUT2D eigenvalue weighted by Gasteiger charge is -2.30. The van der Waals surface area contributed by atoms with Gasteiger partial charge in [0.05, 0.1) is 16.7 Å². The van der Waals surface area contributed by atoms with E-state index >= 15 is 0 Å². The molecule has 2 aromatic heterocycles. The van der Waals surface area contributed by atoms with Crippen molar-refractivity contribution in [3.63, 3.8) is 0 Å². The van der Waals surface area contributed by atoms with E-state index in [0.717, 1.165) is 22.3 Å². The summed E-state index contributed by atoms with van der Waals surface area (Å²) >= 11 is 0. The molecule has 4 heteroatoms. The number of hydrogen-bond donors (Lipinski definition) is 0. The third-order valence-electron chi connectivity index (χ3n) is 12.4. The van der Waals surface area contributed by atoms with Crippen LogP contribution in [0.25, 0.3) is 106 Å². The topological polar surface area (TPSA) is 43.6 Å². The highest BCUT2D eigenvalue weighted by Gasteiger charge is 2.37. The molecule has 4 nitrogen and oxygen atoms in total. The molecule has 2 aliphatic rings. The average molecular weight is 741 g/mol. The number of para-hydroxylation sites is 1. The van der Waals surface area contributed by atoms with Crippen molar-refractivity contribution in [3.8, 4) is 84.4 Å². The molecule has 0 spiro atoms. The Morgan fingerprint density at radius 1 is 0.362 bits per heavy atom. The lowest BCUT2D eigenvalue weighted by molar-refractivity contribution is 0.661. The Labute approximate surface area is 336 Å². The normalized spacial score (nSPS) is 13.1. The van der Waals surface area contributed by atoms with Gasteiger partial charge in [0, 0.05) is 44.0 Å². The maximum absolute atomic E-state index is 5.05. The van der Waals surface area contributed by atoms with Gasteiger partial charge in [-0.1, -0.05) is 166 Å². The molecule has 0 unspecified atom stereocenters. The van der Waals surface area contributed by atoms with Crippen molar-refractivity contribution in [2.45, 2.75) is 19.3 Å². The quantitative estimate of drug-likeness (QED) is 0.176. The van der Waals surface area contributed by atoms with Crippen LogP contribution in [0.15, 0.2) is 182 Å². The van der Waals surface area contributed by atoms with E-state index in [-0.39, 0.29) is 5.41 Å². The van der Waals surface area contributed by atoms with E-state index in [1.807, 2.05) is 60.7 Å². The van der Waals surface area contributed by atoms with E-state index in [1.165, 1.54) is 77.6 Å². The van der Waals surface area contributed by atoms with Crippen LogP contribution in [0.3, 0.4) is 0 Å². The Hall–Kier alpha value is -7.43. The number of nitrogens with zero attached hydrogens (tertiary/aromatic N) is 4. The Kier molecular flexibility index (Phi) is 6.94. The standard InChI is InChI=1S/C54H36N4/c1-54(2)44-27-11-9-22-38(44)42-31-43-39-23-10-12-28-46(39)58(48(43)32-45(42)54)47-29-15-26-41-40-25-14-24-37(49(40)50(41)47)35-20-13-21-36(30-35)53-56-51(33-16-5-3-6-17-33)55-52(57-53)34-18-7-4-8-19-34/h3-32H,1-2H3. The van der Waals surface area contributed by atoms with E-state index in [2.05, 4.69) is 140 Å². The van der Waals surface area contributed by atoms with Crippen LogP contribution in [-0.4, -0.2) is 19.5 Å². The monoisotopic (exact) mass is 740 g/mol. The van der Waals surface area contributed by atoms with Crippen molar-refractivity contribution in [1.82, 2.24) is 19.5 Å². The van der Waals surface area contributed by atoms with Gasteiger partial charge in [-0.15, -0.1) is 0 Å². The van der Waals surface area contributed by atoms with Gasteiger partial charge < -0.3 is 4.57 Å². The molecule has 272 valence electrons. The molecule has 0 bridgehead atoms. The van der Waals surface area contributed by atoms with E-state index in [0.29, 0.717) is 17.5 Å². The molecule has 2 aliphatic carbocycles. The third-order valence-corrected chi connectivity index (χ3v) is 12.4. The van der Waals surface area contributed by atoms with Gasteiger partial charge in [0.25, 0.3) is 0 Å². The van der Waals surface area contributed by atoms with Crippen LogP contribution in [0.4, 0.5) is 0 Å². The van der Waals surface area contributed by atoms with Gasteiger partial charge in [-0.05, 0) is 74.8 Å². The van der Waals surface area contributed by atoms with E-state index < -0.39 is 0 Å². The Morgan fingerprint density at radius 3 is 1.67 bits per heavy atom. The van der Waals surface area contributed by atoms with Crippen LogP contribution in [0.1, 0.15) is 25.0 Å². The summed E-state index contributed by atoms with van der Waals surface area (Å²) in [6.07, 6.45) is 0. The van der Waals surface area contributed by atoms with Crippen LogP contribution in [0, 0.1) is 0 Å². The Balaban J connectivity index is 1.03. The number of benzene rings is 8. The zero-order valence-corrected chi connectivity index (χ0v) is 32.1. The maximum atomic E-state index is 5.05. The molecule has 8 aromatic carbocycles. The molecule has 58 heavy (non-hydrogen) atoms. The molecule has 0 fully saturated rings. The second-order valence-corrected chi connectivity index (χ2v) is 16.0. The summed E-state index contributed by atoms with van der Waals surface area (Å²) in [5.74, 6) is 1.95. The minimum Gasteiger partial charge on any atom is -0.309 e. The molecule has 12 rings (SSSR count). The number of fused-ring (bicyclic) bond motifs is 10. The molecule has 0 saturated heterocycles. The third kappa shape index (κ3) is 4.72. The van der Waals surface area contributed by atoms with Crippen LogP contribution >= 0.6 is 0 Å². The van der Waals surface area contributed by atoms with Gasteiger partial charge in [-0.25, -0.2) is 15.0 Å². The summed E-state index contributed by atoms with van der Waals surface area (Å²) in [7, 11) is 0. The molecule has 0 aliphatic heterocycles. The molecule has 0 amide bonds. The lowest BCUT2D eigenvalue weighted by atomic mass is 9.75. The summed E-state index contributed by atoms with van der Waals surface area (Å²) in [4.78, 5) is 15.0. The fourth-order valence-electron chi connectivity index (χ4n) is 9.62. The predicted octanol–water partition coefficient (Wildman–Crippen LogP) is 13.6. The first-order valence-corrected chi connectivity index (χ1v) is 20.0. The molecule has 0 saturated carbocycles. The second-order valence-electron chi connectivity index (χ2n) is 16.0. The molecule has 2 heterocycles. The van der Waals surface area contributed by atoms with Crippen molar-refractivity contribution >= 4 is 21.8 Å². The van der Waals surface area contributed by atoms with Gasteiger partial charge >= 0.3 is 0 Å². The van der Waals surface area contributed by atoms with Crippen LogP contribution < -0.4 is 0 Å². The van der Waals surface area contributed by atoms with Gasteiger partial charge in [-0.2, -0.15) is 0 Å². The van der Waals surface area contributed by atoms with Crippen LogP contribution in [0.5, 0.6) is 0 Å². The maximum Gasteiger partial charge on any atom is 0.164 e. The smallest absolute Gasteiger partial charge is 0.164 e. The van der Waals surface area contributed by atoms with Crippen molar-refractivity contribution in [1.29, 1.82) is 0 Å². The summed E-state index contributed by atoms with van der Waals surface area (Å²) in [6, 6.07) is 65.2. The first-order chi connectivity index (χ1) is 28.5. The summed E-state index contributed by atoms with van der Waals surface area (Å²) in [5, 5.41) is 2.55. The molecule has 0 N–H and O–H groups in total. The Bertz CT molecular complexity index is 3250. The fraction of sp³-hybridized carbons (Fsp3) is 0.0556. The number of rotatable bonds is 5. The van der Waals surface area contributed by atoms with Gasteiger partial charge in [0.1, 0.15) is 0 Å². The summed E-state index contributed by atoms with van der Waals surface area (Å²) < 4.78 is 2.51. The highest BCUT2D eigenvalue weighted by atomic mass is 15.0. The summed E-state index contributed by atoms with van der Waals surface area (Å²) in [5.41, 5.74) is 19.3. The molecule has 10 aromatic rings. The highest BCUT2D eigenvalue weighted by Crippen LogP contribution is 2.56. The van der Waals surface area contributed by atoms with E-state index in [4.69, 9.17) is 15.0 Å². The van der Waals surface area contributed by atoms with E-state index in [9.17, 15) is 0 Å². The fourth-order valence-corrected chi connectivity index (χ4v) is 9.62. The van der Waals surface area contributed by atoms with Crippen molar-refractivity contribution in [3.05, 3.63) is 193 Å². The first kappa shape index (κ1) is 32.8. The van der Waals surface area contributed by atoms with Crippen molar-refractivity contribution < 1.29 is 0 Å². The zero-order chi connectivity index (χ0) is 38.5. The SMILES string of the molecule is CC1(C)c2ccccc2-c2cc3c4ccccc4n(-c4cccc5c4-c4c(-c6cccc(-c7nc(-c8ccccc8)nc(-c8ccccc8)n7)c6)cccc4-5)c3cc21. The zero-order valence-electron chi connectivity index (χ0n) is 32.1. The first-order valence-electron chi connectivity index (χ1n) is 20.0. The molecule has 0 atom stereocenters. The van der Waals surface area contributed by atoms with Crippen LogP contribution in [0.2, 0.25) is 0 Å². The molecular weight excluding hydrogens is 705 g/mol.